The van der Waals surface area contributed by atoms with E-state index >= 15 is 0 Å². The quantitative estimate of drug-likeness (QED) is 0.348. The summed E-state index contributed by atoms with van der Waals surface area (Å²) in [4.78, 5) is 39.0. The molecule has 0 spiro atoms. The molecule has 0 saturated heterocycles. The fourth-order valence-corrected chi connectivity index (χ4v) is 5.40. The smallest absolute Gasteiger partial charge is 0.228 e. The van der Waals surface area contributed by atoms with Gasteiger partial charge in [-0.1, -0.05) is 30.0 Å². The number of hydrogen-bond acceptors (Lipinski definition) is 8. The first kappa shape index (κ1) is 20.9. The zero-order chi connectivity index (χ0) is 20.1. The molecule has 3 rings (SSSR count). The van der Waals surface area contributed by atoms with E-state index in [1.165, 1.54) is 41.4 Å². The van der Waals surface area contributed by atoms with Crippen LogP contribution in [0.5, 0.6) is 0 Å². The summed E-state index contributed by atoms with van der Waals surface area (Å²) >= 11 is 4.17. The normalized spacial score (nSPS) is 13.4. The van der Waals surface area contributed by atoms with Crippen LogP contribution < -0.4 is 10.2 Å². The lowest BCUT2D eigenvalue weighted by Gasteiger charge is -2.17. The molecule has 0 atom stereocenters. The van der Waals surface area contributed by atoms with Crippen LogP contribution in [-0.4, -0.2) is 46.1 Å². The summed E-state index contributed by atoms with van der Waals surface area (Å²) in [6.45, 7) is 3.90. The molecule has 28 heavy (non-hydrogen) atoms. The summed E-state index contributed by atoms with van der Waals surface area (Å²) in [5, 5.41) is 11.7. The third kappa shape index (κ3) is 5.62. The second kappa shape index (κ2) is 9.62. The predicted octanol–water partition coefficient (Wildman–Crippen LogP) is 3.16. The zero-order valence-corrected chi connectivity index (χ0v) is 18.2. The lowest BCUT2D eigenvalue weighted by molar-refractivity contribution is -0.119. The van der Waals surface area contributed by atoms with E-state index in [2.05, 4.69) is 15.5 Å². The number of hydrogen-bond donors (Lipinski definition) is 1. The van der Waals surface area contributed by atoms with Gasteiger partial charge in [0, 0.05) is 30.8 Å². The summed E-state index contributed by atoms with van der Waals surface area (Å²) in [5.41, 5.74) is 0. The van der Waals surface area contributed by atoms with E-state index < -0.39 is 0 Å². The first-order valence-electron chi connectivity index (χ1n) is 9.12. The van der Waals surface area contributed by atoms with Crippen molar-refractivity contribution in [1.82, 2.24) is 15.5 Å². The Morgan fingerprint density at radius 1 is 1.25 bits per heavy atom. The van der Waals surface area contributed by atoms with Crippen LogP contribution in [0.4, 0.5) is 5.13 Å². The van der Waals surface area contributed by atoms with Gasteiger partial charge < -0.3 is 5.32 Å². The van der Waals surface area contributed by atoms with Crippen molar-refractivity contribution in [3.05, 3.63) is 21.9 Å². The lowest BCUT2D eigenvalue weighted by atomic mass is 10.3. The van der Waals surface area contributed by atoms with Crippen LogP contribution in [0, 0.1) is 0 Å². The predicted molar refractivity (Wildman–Crippen MR) is 112 cm³/mol. The highest BCUT2D eigenvalue weighted by Gasteiger charge is 2.35. The summed E-state index contributed by atoms with van der Waals surface area (Å²) in [6.07, 6.45) is 3.18. The molecule has 10 heteroatoms. The van der Waals surface area contributed by atoms with Crippen LogP contribution in [0.1, 0.15) is 47.7 Å². The minimum absolute atomic E-state index is 0.0428. The van der Waals surface area contributed by atoms with E-state index in [-0.39, 0.29) is 29.4 Å². The van der Waals surface area contributed by atoms with Crippen molar-refractivity contribution in [2.45, 2.75) is 49.9 Å². The molecule has 1 fully saturated rings. The Hall–Kier alpha value is -1.78. The molecule has 2 aromatic rings. The fraction of sp³-hybridized carbons (Fsp3) is 0.500. The molecule has 1 saturated carbocycles. The zero-order valence-electron chi connectivity index (χ0n) is 15.8. The Morgan fingerprint density at radius 2 is 2.04 bits per heavy atom. The highest BCUT2D eigenvalue weighted by Crippen LogP contribution is 2.36. The topological polar surface area (TPSA) is 92.3 Å². The molecule has 7 nitrogen and oxygen atoms in total. The average Bonchev–Trinajstić information content (AvgIpc) is 3.19. The van der Waals surface area contributed by atoms with Gasteiger partial charge in [0.2, 0.25) is 16.9 Å². The first-order chi connectivity index (χ1) is 13.5. The number of carbonyl (C=O) groups is 3. The average molecular weight is 439 g/mol. The molecule has 2 aromatic heterocycles. The van der Waals surface area contributed by atoms with E-state index in [0.717, 1.165) is 17.7 Å². The third-order valence-electron chi connectivity index (χ3n) is 4.09. The van der Waals surface area contributed by atoms with Crippen molar-refractivity contribution in [3.63, 3.8) is 0 Å². The minimum Gasteiger partial charge on any atom is -0.356 e. The number of carbonyl (C=O) groups excluding carboxylic acids is 3. The van der Waals surface area contributed by atoms with E-state index in [4.69, 9.17) is 0 Å². The van der Waals surface area contributed by atoms with Crippen molar-refractivity contribution in [2.24, 2.45) is 0 Å². The Bertz CT molecular complexity index is 860. The van der Waals surface area contributed by atoms with E-state index in [1.54, 1.807) is 4.90 Å². The van der Waals surface area contributed by atoms with Crippen molar-refractivity contribution >= 4 is 57.2 Å². The molecule has 0 radical (unpaired) electrons. The molecule has 0 aromatic carbocycles. The highest BCUT2D eigenvalue weighted by atomic mass is 32.2. The molecule has 0 unspecified atom stereocenters. The Balaban J connectivity index is 1.52. The second-order valence-corrected chi connectivity index (χ2v) is 9.76. The number of nitrogens with one attached hydrogen (secondary N) is 1. The van der Waals surface area contributed by atoms with Crippen LogP contribution in [0.25, 0.3) is 0 Å². The SMILES string of the molecule is CCC(=O)N(c1nnc(SCC(=O)c2ccc(CCNC(C)=O)s2)s1)C1CC1. The summed E-state index contributed by atoms with van der Waals surface area (Å²) in [5.74, 6) is 0.338. The van der Waals surface area contributed by atoms with Crippen LogP contribution in [0.2, 0.25) is 0 Å². The van der Waals surface area contributed by atoms with Gasteiger partial charge in [-0.15, -0.1) is 21.5 Å². The first-order valence-corrected chi connectivity index (χ1v) is 11.7. The largest absolute Gasteiger partial charge is 0.356 e. The van der Waals surface area contributed by atoms with Gasteiger partial charge in [-0.25, -0.2) is 0 Å². The monoisotopic (exact) mass is 438 g/mol. The number of aromatic nitrogens is 2. The molecule has 0 bridgehead atoms. The maximum absolute atomic E-state index is 12.4. The van der Waals surface area contributed by atoms with E-state index in [9.17, 15) is 14.4 Å². The molecule has 1 N–H and O–H groups in total. The summed E-state index contributed by atoms with van der Waals surface area (Å²) in [7, 11) is 0. The van der Waals surface area contributed by atoms with Gasteiger partial charge in [0.15, 0.2) is 10.1 Å². The number of Topliss-reactive ketones (excluding diaryl/α,β-unsaturated/α-hetero) is 1. The Kier molecular flexibility index (Phi) is 7.19. The molecule has 150 valence electrons. The molecule has 1 aliphatic carbocycles. The number of rotatable bonds is 10. The van der Waals surface area contributed by atoms with Gasteiger partial charge in [-0.2, -0.15) is 0 Å². The number of thioether (sulfide) groups is 1. The number of anilines is 1. The number of nitrogens with zero attached hydrogens (tertiary/aromatic N) is 3. The molecule has 2 amide bonds. The van der Waals surface area contributed by atoms with Gasteiger partial charge >= 0.3 is 0 Å². The lowest BCUT2D eigenvalue weighted by Crippen LogP contribution is -2.32. The number of thiophene rings is 1. The minimum atomic E-state index is -0.0541. The number of ketones is 1. The molecular weight excluding hydrogens is 416 g/mol. The molecule has 1 aliphatic rings. The maximum Gasteiger partial charge on any atom is 0.228 e. The van der Waals surface area contributed by atoms with Crippen molar-refractivity contribution in [1.29, 1.82) is 0 Å². The fourth-order valence-electron chi connectivity index (χ4n) is 2.55. The Labute approximate surface area is 175 Å². The van der Waals surface area contributed by atoms with Crippen LogP contribution in [-0.2, 0) is 16.0 Å². The second-order valence-electron chi connectivity index (χ2n) is 6.41. The van der Waals surface area contributed by atoms with Gasteiger partial charge in [-0.05, 0) is 31.4 Å². The standard InChI is InChI=1S/C18H22N4O3S3/c1-3-16(25)22(12-4-5-12)17-20-21-18(28-17)26-10-14(24)15-7-6-13(27-15)8-9-19-11(2)23/h6-7,12H,3-5,8-10H2,1-2H3,(H,19,23). The molecular formula is C18H22N4O3S3. The molecule has 2 heterocycles. The van der Waals surface area contributed by atoms with E-state index in [0.29, 0.717) is 33.7 Å². The van der Waals surface area contributed by atoms with Crippen molar-refractivity contribution in [2.75, 3.05) is 17.2 Å². The van der Waals surface area contributed by atoms with E-state index in [1.807, 2.05) is 19.1 Å². The Morgan fingerprint density at radius 3 is 2.71 bits per heavy atom. The van der Waals surface area contributed by atoms with Crippen LogP contribution >= 0.6 is 34.4 Å². The summed E-state index contributed by atoms with van der Waals surface area (Å²) < 4.78 is 0.695. The van der Waals surface area contributed by atoms with Crippen molar-refractivity contribution in [3.8, 4) is 0 Å². The van der Waals surface area contributed by atoms with Gasteiger partial charge in [0.1, 0.15) is 0 Å². The van der Waals surface area contributed by atoms with Gasteiger partial charge in [0.05, 0.1) is 10.6 Å². The summed E-state index contributed by atoms with van der Waals surface area (Å²) in [6, 6.07) is 4.01. The number of amides is 2. The maximum atomic E-state index is 12.4. The van der Waals surface area contributed by atoms with Crippen molar-refractivity contribution < 1.29 is 14.4 Å². The van der Waals surface area contributed by atoms with Gasteiger partial charge in [-0.3, -0.25) is 19.3 Å². The van der Waals surface area contributed by atoms with Crippen LogP contribution in [0.3, 0.4) is 0 Å². The highest BCUT2D eigenvalue weighted by molar-refractivity contribution is 8.01. The van der Waals surface area contributed by atoms with Gasteiger partial charge in [0.25, 0.3) is 0 Å². The van der Waals surface area contributed by atoms with Crippen LogP contribution in [0.15, 0.2) is 16.5 Å². The third-order valence-corrected chi connectivity index (χ3v) is 7.34. The molecule has 0 aliphatic heterocycles.